The number of ether oxygens (including phenoxy) is 1. The van der Waals surface area contributed by atoms with Crippen LogP contribution in [0.25, 0.3) is 5.69 Å². The molecule has 4 N–H and O–H groups in total. The molecule has 3 rings (SSSR count). The van der Waals surface area contributed by atoms with Crippen molar-refractivity contribution in [1.82, 2.24) is 15.0 Å². The normalized spacial score (nSPS) is 12.6. The molecule has 0 aliphatic carbocycles. The molecule has 0 bridgehead atoms. The molecule has 1 aromatic heterocycles. The minimum absolute atomic E-state index is 0.108. The molecular formula is C11H10N6O3. The molecule has 9 nitrogen and oxygen atoms in total. The number of nitrogens with one attached hydrogen (secondary N) is 2. The van der Waals surface area contributed by atoms with E-state index in [1.165, 1.54) is 11.8 Å². The zero-order chi connectivity index (χ0) is 14.3. The minimum Gasteiger partial charge on any atom is -0.497 e. The summed E-state index contributed by atoms with van der Waals surface area (Å²) in [5.41, 5.74) is 6.10. The third-order valence-corrected chi connectivity index (χ3v) is 2.82. The number of primary amides is 1. The van der Waals surface area contributed by atoms with E-state index in [9.17, 15) is 9.59 Å². The Morgan fingerprint density at radius 1 is 1.40 bits per heavy atom. The lowest BCUT2D eigenvalue weighted by Gasteiger charge is -2.08. The van der Waals surface area contributed by atoms with Crippen LogP contribution in [-0.4, -0.2) is 34.0 Å². The first-order valence-electron chi connectivity index (χ1n) is 5.62. The Hall–Kier alpha value is -3.10. The quantitative estimate of drug-likeness (QED) is 0.728. The van der Waals surface area contributed by atoms with Gasteiger partial charge in [0, 0.05) is 6.07 Å². The highest BCUT2D eigenvalue weighted by Crippen LogP contribution is 2.30. The topological polar surface area (TPSA) is 124 Å². The average molecular weight is 274 g/mol. The minimum atomic E-state index is -0.775. The zero-order valence-corrected chi connectivity index (χ0v) is 10.4. The Morgan fingerprint density at radius 3 is 2.90 bits per heavy atom. The Morgan fingerprint density at radius 2 is 2.20 bits per heavy atom. The van der Waals surface area contributed by atoms with Crippen LogP contribution in [0.3, 0.4) is 0 Å². The Kier molecular flexibility index (Phi) is 2.53. The van der Waals surface area contributed by atoms with E-state index in [0.717, 1.165) is 0 Å². The number of hydrogen-bond donors (Lipinski definition) is 3. The molecule has 0 unspecified atom stereocenters. The number of hydrogen-bond acceptors (Lipinski definition) is 5. The number of rotatable bonds is 2. The first kappa shape index (κ1) is 12.0. The molecule has 9 heteroatoms. The van der Waals surface area contributed by atoms with E-state index in [4.69, 9.17) is 10.5 Å². The summed E-state index contributed by atoms with van der Waals surface area (Å²) in [6.07, 6.45) is 0. The lowest BCUT2D eigenvalue weighted by atomic mass is 10.2. The number of fused-ring (bicyclic) bond motifs is 3. The van der Waals surface area contributed by atoms with Crippen LogP contribution in [0.1, 0.15) is 10.5 Å². The Balaban J connectivity index is 2.23. The largest absolute Gasteiger partial charge is 0.497 e. The highest BCUT2D eigenvalue weighted by molar-refractivity contribution is 6.06. The Labute approximate surface area is 112 Å². The van der Waals surface area contributed by atoms with Gasteiger partial charge in [-0.15, -0.1) is 5.10 Å². The predicted octanol–water partition coefficient (Wildman–Crippen LogP) is 0.332. The molecule has 2 aromatic rings. The van der Waals surface area contributed by atoms with Gasteiger partial charge in [0.05, 0.1) is 18.5 Å². The van der Waals surface area contributed by atoms with Crippen molar-refractivity contribution in [3.63, 3.8) is 0 Å². The van der Waals surface area contributed by atoms with E-state index < -0.39 is 11.9 Å². The third-order valence-electron chi connectivity index (χ3n) is 2.82. The van der Waals surface area contributed by atoms with Crippen LogP contribution >= 0.6 is 0 Å². The van der Waals surface area contributed by atoms with Gasteiger partial charge in [-0.3, -0.25) is 10.1 Å². The summed E-state index contributed by atoms with van der Waals surface area (Å²) < 4.78 is 6.42. The number of nitrogens with zero attached hydrogens (tertiary/aromatic N) is 3. The van der Waals surface area contributed by atoms with Crippen molar-refractivity contribution in [2.24, 2.45) is 5.73 Å². The van der Waals surface area contributed by atoms with Crippen LogP contribution in [0.15, 0.2) is 18.2 Å². The van der Waals surface area contributed by atoms with E-state index in [0.29, 0.717) is 17.1 Å². The van der Waals surface area contributed by atoms with Crippen LogP contribution in [0.4, 0.5) is 16.3 Å². The lowest BCUT2D eigenvalue weighted by Crippen LogP contribution is -2.21. The number of anilines is 2. The summed E-state index contributed by atoms with van der Waals surface area (Å²) in [6, 6.07) is 4.49. The standard InChI is InChI=1S/C11H10N6O3/c1-20-5-2-3-7-6(4-5)13-11(19)14-10-8(9(12)18)15-16-17(7)10/h2-4H,1H3,(H2,12,18)(H2,13,14,19). The van der Waals surface area contributed by atoms with E-state index in [1.807, 2.05) is 0 Å². The van der Waals surface area contributed by atoms with Gasteiger partial charge in [0.25, 0.3) is 5.91 Å². The molecule has 102 valence electrons. The van der Waals surface area contributed by atoms with Crippen molar-refractivity contribution in [2.75, 3.05) is 17.7 Å². The maximum Gasteiger partial charge on any atom is 0.324 e. The number of carbonyl (C=O) groups excluding carboxylic acids is 2. The molecule has 1 aliphatic rings. The summed E-state index contributed by atoms with van der Waals surface area (Å²) in [7, 11) is 1.52. The zero-order valence-electron chi connectivity index (χ0n) is 10.4. The van der Waals surface area contributed by atoms with Crippen molar-refractivity contribution in [3.8, 4) is 11.4 Å². The number of amides is 3. The second-order valence-electron chi connectivity index (χ2n) is 4.02. The summed E-state index contributed by atoms with van der Waals surface area (Å²) in [6.45, 7) is 0. The monoisotopic (exact) mass is 274 g/mol. The molecule has 0 atom stereocenters. The molecular weight excluding hydrogens is 264 g/mol. The Bertz CT molecular complexity index is 723. The van der Waals surface area contributed by atoms with Crippen molar-refractivity contribution in [1.29, 1.82) is 0 Å². The first-order chi connectivity index (χ1) is 9.60. The van der Waals surface area contributed by atoms with Crippen molar-refractivity contribution in [3.05, 3.63) is 23.9 Å². The van der Waals surface area contributed by atoms with Crippen LogP contribution < -0.4 is 21.1 Å². The number of carbonyl (C=O) groups is 2. The van der Waals surface area contributed by atoms with E-state index in [1.54, 1.807) is 18.2 Å². The van der Waals surface area contributed by atoms with E-state index >= 15 is 0 Å². The smallest absolute Gasteiger partial charge is 0.324 e. The van der Waals surface area contributed by atoms with Crippen molar-refractivity contribution < 1.29 is 14.3 Å². The number of nitrogens with two attached hydrogens (primary N) is 1. The summed E-state index contributed by atoms with van der Waals surface area (Å²) in [5, 5.41) is 12.6. The van der Waals surface area contributed by atoms with Gasteiger partial charge in [-0.25, -0.2) is 4.79 Å². The van der Waals surface area contributed by atoms with E-state index in [-0.39, 0.29) is 11.5 Å². The maximum absolute atomic E-state index is 11.8. The van der Waals surface area contributed by atoms with Gasteiger partial charge in [0.1, 0.15) is 5.75 Å². The van der Waals surface area contributed by atoms with Gasteiger partial charge < -0.3 is 15.8 Å². The molecule has 1 aromatic carbocycles. The molecule has 0 saturated carbocycles. The molecule has 2 heterocycles. The highest BCUT2D eigenvalue weighted by Gasteiger charge is 2.25. The van der Waals surface area contributed by atoms with Gasteiger partial charge in [-0.2, -0.15) is 4.68 Å². The molecule has 0 fully saturated rings. The second-order valence-corrected chi connectivity index (χ2v) is 4.02. The summed E-state index contributed by atoms with van der Waals surface area (Å²) >= 11 is 0. The molecule has 20 heavy (non-hydrogen) atoms. The number of aromatic nitrogens is 3. The summed E-state index contributed by atoms with van der Waals surface area (Å²) in [5.74, 6) is -0.0785. The molecule has 0 radical (unpaired) electrons. The molecule has 0 spiro atoms. The van der Waals surface area contributed by atoms with Crippen molar-refractivity contribution in [2.45, 2.75) is 0 Å². The summed E-state index contributed by atoms with van der Waals surface area (Å²) in [4.78, 5) is 23.1. The number of benzene rings is 1. The third kappa shape index (κ3) is 1.72. The number of methoxy groups -OCH3 is 1. The number of urea groups is 1. The molecule has 1 aliphatic heterocycles. The fourth-order valence-corrected chi connectivity index (χ4v) is 1.92. The predicted molar refractivity (Wildman–Crippen MR) is 69.1 cm³/mol. The molecule has 0 saturated heterocycles. The second kappa shape index (κ2) is 4.23. The average Bonchev–Trinajstić information content (AvgIpc) is 2.76. The first-order valence-corrected chi connectivity index (χ1v) is 5.62. The van der Waals surface area contributed by atoms with Gasteiger partial charge in [0.15, 0.2) is 11.5 Å². The van der Waals surface area contributed by atoms with Gasteiger partial charge in [-0.05, 0) is 12.1 Å². The van der Waals surface area contributed by atoms with Crippen LogP contribution in [0.2, 0.25) is 0 Å². The van der Waals surface area contributed by atoms with E-state index in [2.05, 4.69) is 20.9 Å². The fraction of sp³-hybridized carbons (Fsp3) is 0.0909. The van der Waals surface area contributed by atoms with Crippen LogP contribution in [-0.2, 0) is 0 Å². The highest BCUT2D eigenvalue weighted by atomic mass is 16.5. The fourth-order valence-electron chi connectivity index (χ4n) is 1.92. The van der Waals surface area contributed by atoms with Crippen LogP contribution in [0, 0.1) is 0 Å². The van der Waals surface area contributed by atoms with Gasteiger partial charge >= 0.3 is 6.03 Å². The molecule has 3 amide bonds. The maximum atomic E-state index is 11.8. The SMILES string of the molecule is COc1ccc2c(c1)NC(=O)Nc1c(C(N)=O)nnn1-2. The lowest BCUT2D eigenvalue weighted by molar-refractivity contribution is 0.0996. The van der Waals surface area contributed by atoms with Crippen molar-refractivity contribution >= 4 is 23.4 Å². The van der Waals surface area contributed by atoms with Gasteiger partial charge in [-0.1, -0.05) is 5.21 Å². The van der Waals surface area contributed by atoms with Crippen LogP contribution in [0.5, 0.6) is 5.75 Å². The van der Waals surface area contributed by atoms with Gasteiger partial charge in [0.2, 0.25) is 0 Å².